The van der Waals surface area contributed by atoms with Gasteiger partial charge in [0.15, 0.2) is 5.78 Å². The minimum absolute atomic E-state index is 0.0324. The molecule has 1 N–H and O–H groups in total. The molecule has 9 heteroatoms. The Morgan fingerprint density at radius 1 is 1.06 bits per heavy atom. The SMILES string of the molecule is CC(F)(F)n1nnn(CC(=O)[C@H]2CC[C@H]3[C@@H]4CC[C@@H]5C[C@](C)(O)CC[C@@H]5[C@H]4CC[C@]23C)c1=O. The maximum atomic E-state index is 13.5. The number of hydrogen-bond donors (Lipinski definition) is 1. The molecule has 7 nitrogen and oxygen atoms in total. The van der Waals surface area contributed by atoms with Gasteiger partial charge in [-0.15, -0.1) is 4.68 Å². The van der Waals surface area contributed by atoms with E-state index in [1.54, 1.807) is 0 Å². The monoisotopic (exact) mass is 466 g/mol. The molecule has 4 aliphatic carbocycles. The zero-order valence-corrected chi connectivity index (χ0v) is 19.8. The lowest BCUT2D eigenvalue weighted by Gasteiger charge is -2.56. The summed E-state index contributed by atoms with van der Waals surface area (Å²) in [6.45, 7) is 4.50. The Labute approximate surface area is 192 Å². The number of ketones is 1. The summed E-state index contributed by atoms with van der Waals surface area (Å²) in [5.41, 5.74) is -1.69. The molecule has 8 atom stereocenters. The van der Waals surface area contributed by atoms with Crippen LogP contribution in [0, 0.1) is 40.9 Å². The fourth-order valence-electron chi connectivity index (χ4n) is 8.49. The molecule has 1 aromatic rings. The summed E-state index contributed by atoms with van der Waals surface area (Å²) in [5.74, 6) is 2.83. The fourth-order valence-corrected chi connectivity index (χ4v) is 8.49. The Hall–Kier alpha value is -1.64. The van der Waals surface area contributed by atoms with E-state index in [9.17, 15) is 23.5 Å². The first-order valence-corrected chi connectivity index (χ1v) is 12.6. The van der Waals surface area contributed by atoms with E-state index in [1.807, 2.05) is 6.92 Å². The minimum atomic E-state index is -3.45. The Kier molecular flexibility index (Phi) is 5.38. The molecule has 5 rings (SSSR count). The number of nitrogens with zero attached hydrogens (tertiary/aromatic N) is 4. The molecule has 0 unspecified atom stereocenters. The van der Waals surface area contributed by atoms with Crippen molar-refractivity contribution >= 4 is 5.78 Å². The number of halogens is 2. The lowest BCUT2D eigenvalue weighted by atomic mass is 9.49. The third kappa shape index (κ3) is 3.78. The van der Waals surface area contributed by atoms with Crippen LogP contribution >= 0.6 is 0 Å². The topological polar surface area (TPSA) is 90.0 Å². The lowest BCUT2D eigenvalue weighted by Crippen LogP contribution is -2.51. The Balaban J connectivity index is 1.31. The third-order valence-electron chi connectivity index (χ3n) is 9.94. The maximum Gasteiger partial charge on any atom is 0.369 e. The van der Waals surface area contributed by atoms with Crippen molar-refractivity contribution < 1.29 is 18.7 Å². The third-order valence-corrected chi connectivity index (χ3v) is 9.94. The first kappa shape index (κ1) is 23.1. The van der Waals surface area contributed by atoms with E-state index in [2.05, 4.69) is 17.4 Å². The van der Waals surface area contributed by atoms with Crippen LogP contribution in [0.4, 0.5) is 8.78 Å². The first-order valence-electron chi connectivity index (χ1n) is 12.6. The number of hydrogen-bond acceptors (Lipinski definition) is 5. The second-order valence-corrected chi connectivity index (χ2v) is 12.0. The van der Waals surface area contributed by atoms with Crippen LogP contribution in [-0.4, -0.2) is 36.3 Å². The largest absolute Gasteiger partial charge is 0.390 e. The van der Waals surface area contributed by atoms with Gasteiger partial charge in [-0.1, -0.05) is 6.92 Å². The molecule has 0 amide bonds. The van der Waals surface area contributed by atoms with Gasteiger partial charge in [-0.05, 0) is 110 Å². The van der Waals surface area contributed by atoms with Crippen molar-refractivity contribution in [1.82, 2.24) is 19.8 Å². The predicted molar refractivity (Wildman–Crippen MR) is 116 cm³/mol. The molecule has 33 heavy (non-hydrogen) atoms. The quantitative estimate of drug-likeness (QED) is 0.732. The zero-order valence-electron chi connectivity index (χ0n) is 19.8. The maximum absolute atomic E-state index is 13.5. The highest BCUT2D eigenvalue weighted by atomic mass is 19.3. The number of Topliss-reactive ketones (excluding diaryl/α,β-unsaturated/α-hetero) is 1. The number of carbonyl (C=O) groups is 1. The van der Waals surface area contributed by atoms with Gasteiger partial charge in [0, 0.05) is 12.8 Å². The van der Waals surface area contributed by atoms with Gasteiger partial charge in [-0.25, -0.2) is 4.79 Å². The highest BCUT2D eigenvalue weighted by Crippen LogP contribution is 2.64. The van der Waals surface area contributed by atoms with E-state index in [0.717, 1.165) is 56.0 Å². The van der Waals surface area contributed by atoms with Gasteiger partial charge in [0.2, 0.25) is 0 Å². The number of alkyl halides is 2. The number of carbonyl (C=O) groups excluding carboxylic acids is 1. The molecule has 0 bridgehead atoms. The van der Waals surface area contributed by atoms with Crippen LogP contribution in [0.25, 0.3) is 0 Å². The van der Waals surface area contributed by atoms with Crippen molar-refractivity contribution in [3.8, 4) is 0 Å². The van der Waals surface area contributed by atoms with Gasteiger partial charge in [0.05, 0.1) is 5.60 Å². The van der Waals surface area contributed by atoms with Gasteiger partial charge >= 0.3 is 11.7 Å². The summed E-state index contributed by atoms with van der Waals surface area (Å²) in [5, 5.41) is 17.4. The van der Waals surface area contributed by atoms with E-state index in [-0.39, 0.29) is 28.3 Å². The van der Waals surface area contributed by atoms with Crippen LogP contribution in [0.2, 0.25) is 0 Å². The molecule has 0 spiro atoms. The molecule has 184 valence electrons. The zero-order chi connectivity index (χ0) is 23.8. The highest BCUT2D eigenvalue weighted by Gasteiger charge is 2.58. The normalized spacial score (nSPS) is 43.0. The van der Waals surface area contributed by atoms with E-state index in [4.69, 9.17) is 0 Å². The van der Waals surface area contributed by atoms with E-state index in [0.29, 0.717) is 36.5 Å². The van der Waals surface area contributed by atoms with Gasteiger partial charge in [0.25, 0.3) is 0 Å². The second kappa shape index (κ2) is 7.68. The smallest absolute Gasteiger partial charge is 0.369 e. The van der Waals surface area contributed by atoms with Crippen LogP contribution in [0.1, 0.15) is 78.6 Å². The summed E-state index contributed by atoms with van der Waals surface area (Å²) in [6, 6.07) is -3.45. The summed E-state index contributed by atoms with van der Waals surface area (Å²) in [7, 11) is 0. The van der Waals surface area contributed by atoms with E-state index in [1.165, 1.54) is 6.42 Å². The summed E-state index contributed by atoms with van der Waals surface area (Å²) >= 11 is 0. The van der Waals surface area contributed by atoms with Crippen molar-refractivity contribution in [1.29, 1.82) is 0 Å². The first-order chi connectivity index (χ1) is 15.4. The number of aromatic nitrogens is 4. The standard InChI is InChI=1S/C24H36F2N4O3/c1-22(33)10-8-15-14(12-22)4-5-17-16(15)9-11-23(2)18(17)6-7-19(23)20(31)13-29-21(32)30(28-27-29)24(3,25)26/h14-19,33H,4-13H2,1-3H3/t14-,15+,16-,17-,18+,19-,22-,23+/m1/s1. The number of tetrazole rings is 1. The number of rotatable bonds is 4. The molecular formula is C24H36F2N4O3. The molecule has 0 aromatic carbocycles. The van der Waals surface area contributed by atoms with Crippen LogP contribution in [0.5, 0.6) is 0 Å². The molecule has 0 radical (unpaired) electrons. The van der Waals surface area contributed by atoms with Crippen LogP contribution in [0.15, 0.2) is 4.79 Å². The molecule has 0 saturated heterocycles. The van der Waals surface area contributed by atoms with Crippen molar-refractivity contribution in [2.24, 2.45) is 40.9 Å². The van der Waals surface area contributed by atoms with Crippen LogP contribution in [-0.2, 0) is 17.4 Å². The number of fused-ring (bicyclic) bond motifs is 5. The van der Waals surface area contributed by atoms with Gasteiger partial charge in [-0.2, -0.15) is 13.5 Å². The summed E-state index contributed by atoms with van der Waals surface area (Å²) in [4.78, 5) is 25.5. The van der Waals surface area contributed by atoms with Crippen molar-refractivity contribution in [3.63, 3.8) is 0 Å². The molecule has 1 heterocycles. The average Bonchev–Trinajstić information content (AvgIpc) is 3.26. The summed E-state index contributed by atoms with van der Waals surface area (Å²) in [6.07, 6.45) is 9.14. The Morgan fingerprint density at radius 3 is 2.48 bits per heavy atom. The van der Waals surface area contributed by atoms with Crippen molar-refractivity contribution in [2.75, 3.05) is 0 Å². The molecule has 4 saturated carbocycles. The van der Waals surface area contributed by atoms with Gasteiger partial charge in [-0.3, -0.25) is 4.79 Å². The Morgan fingerprint density at radius 2 is 1.79 bits per heavy atom. The van der Waals surface area contributed by atoms with Crippen molar-refractivity contribution in [3.05, 3.63) is 10.5 Å². The summed E-state index contributed by atoms with van der Waals surface area (Å²) < 4.78 is 27.8. The van der Waals surface area contributed by atoms with Crippen LogP contribution in [0.3, 0.4) is 0 Å². The molecule has 0 aliphatic heterocycles. The van der Waals surface area contributed by atoms with Crippen molar-refractivity contribution in [2.45, 2.75) is 96.8 Å². The number of aliphatic hydroxyl groups is 1. The molecule has 4 aliphatic rings. The van der Waals surface area contributed by atoms with E-state index < -0.39 is 17.3 Å². The fraction of sp³-hybridized carbons (Fsp3) is 0.917. The Bertz CT molecular complexity index is 983. The second-order valence-electron chi connectivity index (χ2n) is 12.0. The van der Waals surface area contributed by atoms with E-state index >= 15 is 0 Å². The lowest BCUT2D eigenvalue weighted by molar-refractivity contribution is -0.133. The van der Waals surface area contributed by atoms with Crippen LogP contribution < -0.4 is 5.69 Å². The predicted octanol–water partition coefficient (Wildman–Crippen LogP) is 3.60. The van der Waals surface area contributed by atoms with Gasteiger partial charge < -0.3 is 5.11 Å². The molecule has 1 aromatic heterocycles. The highest BCUT2D eigenvalue weighted by molar-refractivity contribution is 5.82. The minimum Gasteiger partial charge on any atom is -0.390 e. The van der Waals surface area contributed by atoms with Gasteiger partial charge in [0.1, 0.15) is 6.54 Å². The molecule has 4 fully saturated rings. The average molecular weight is 467 g/mol. The molecular weight excluding hydrogens is 430 g/mol.